The molecule has 8 heteroatoms. The maximum absolute atomic E-state index is 13.0. The first-order valence-electron chi connectivity index (χ1n) is 11.0. The van der Waals surface area contributed by atoms with Crippen LogP contribution in [0.1, 0.15) is 48.2 Å². The van der Waals surface area contributed by atoms with E-state index in [1.165, 1.54) is 39.9 Å². The Morgan fingerprint density at radius 2 is 1.70 bits per heavy atom. The molecule has 3 aromatic rings. The van der Waals surface area contributed by atoms with E-state index in [0.29, 0.717) is 30.0 Å². The second-order valence-electron chi connectivity index (χ2n) is 7.92. The Balaban J connectivity index is 1.98. The lowest BCUT2D eigenvalue weighted by Crippen LogP contribution is -2.32. The third-order valence-electron chi connectivity index (χ3n) is 5.43. The number of thiazole rings is 1. The lowest BCUT2D eigenvalue weighted by Gasteiger charge is -2.21. The van der Waals surface area contributed by atoms with Crippen molar-refractivity contribution in [2.45, 2.75) is 52.0 Å². The van der Waals surface area contributed by atoms with Crippen LogP contribution in [0.5, 0.6) is 0 Å². The minimum absolute atomic E-state index is 0.177. The van der Waals surface area contributed by atoms with Gasteiger partial charge in [-0.05, 0) is 74.2 Å². The topological polar surface area (TPSA) is 71.7 Å². The maximum atomic E-state index is 13.0. The van der Waals surface area contributed by atoms with Crippen molar-refractivity contribution in [2.75, 3.05) is 13.1 Å². The predicted molar refractivity (Wildman–Crippen MR) is 134 cm³/mol. The Morgan fingerprint density at radius 3 is 2.27 bits per heavy atom. The SMILES string of the molecule is C#CCn1c(=NC(=O)c2ccc(S(=O)(=O)N(CCC)CCC)cc2)sc2cc(C)c(C)cc21. The fourth-order valence-corrected chi connectivity index (χ4v) is 6.30. The highest BCUT2D eigenvalue weighted by molar-refractivity contribution is 7.89. The Morgan fingerprint density at radius 1 is 1.09 bits per heavy atom. The van der Waals surface area contributed by atoms with Crippen molar-refractivity contribution in [3.05, 3.63) is 57.9 Å². The van der Waals surface area contributed by atoms with Gasteiger partial charge in [-0.15, -0.1) is 6.42 Å². The summed E-state index contributed by atoms with van der Waals surface area (Å²) in [5.41, 5.74) is 3.57. The fourth-order valence-electron chi connectivity index (χ4n) is 3.57. The highest BCUT2D eigenvalue weighted by Gasteiger charge is 2.23. The summed E-state index contributed by atoms with van der Waals surface area (Å²) in [4.78, 5) is 17.9. The zero-order valence-corrected chi connectivity index (χ0v) is 21.1. The lowest BCUT2D eigenvalue weighted by atomic mass is 10.1. The molecule has 0 bridgehead atoms. The van der Waals surface area contributed by atoms with Gasteiger partial charge in [-0.2, -0.15) is 9.30 Å². The molecule has 0 radical (unpaired) electrons. The molecule has 6 nitrogen and oxygen atoms in total. The van der Waals surface area contributed by atoms with E-state index in [-0.39, 0.29) is 4.90 Å². The van der Waals surface area contributed by atoms with E-state index in [2.05, 4.69) is 23.0 Å². The van der Waals surface area contributed by atoms with E-state index >= 15 is 0 Å². The van der Waals surface area contributed by atoms with Crippen LogP contribution < -0.4 is 4.80 Å². The molecule has 0 spiro atoms. The molecule has 3 rings (SSSR count). The van der Waals surface area contributed by atoms with Crippen molar-refractivity contribution < 1.29 is 13.2 Å². The number of aromatic nitrogens is 1. The van der Waals surface area contributed by atoms with Gasteiger partial charge in [0.1, 0.15) is 0 Å². The molecule has 174 valence electrons. The highest BCUT2D eigenvalue weighted by atomic mass is 32.2. The molecule has 0 saturated carbocycles. The monoisotopic (exact) mass is 483 g/mol. The number of aryl methyl sites for hydroxylation is 2. The number of amides is 1. The number of hydrogen-bond acceptors (Lipinski definition) is 4. The van der Waals surface area contributed by atoms with E-state index in [1.807, 2.05) is 32.3 Å². The summed E-state index contributed by atoms with van der Waals surface area (Å²) < 4.78 is 30.3. The largest absolute Gasteiger partial charge is 0.305 e. The summed E-state index contributed by atoms with van der Waals surface area (Å²) in [6.07, 6.45) is 7.03. The molecule has 0 atom stereocenters. The van der Waals surface area contributed by atoms with Crippen molar-refractivity contribution in [3.63, 3.8) is 0 Å². The quantitative estimate of drug-likeness (QED) is 0.443. The molecule has 33 heavy (non-hydrogen) atoms. The molecule has 1 aromatic heterocycles. The second kappa shape index (κ2) is 10.5. The zero-order valence-electron chi connectivity index (χ0n) is 19.5. The normalized spacial score (nSPS) is 12.4. The number of nitrogens with zero attached hydrogens (tertiary/aromatic N) is 3. The third-order valence-corrected chi connectivity index (χ3v) is 8.38. The molecule has 0 aliphatic heterocycles. The molecule has 0 fully saturated rings. The molecule has 1 heterocycles. The van der Waals surface area contributed by atoms with Crippen LogP contribution in [-0.4, -0.2) is 36.3 Å². The van der Waals surface area contributed by atoms with Gasteiger partial charge in [0, 0.05) is 18.7 Å². The van der Waals surface area contributed by atoms with Gasteiger partial charge in [0.25, 0.3) is 5.91 Å². The molecule has 0 aliphatic rings. The van der Waals surface area contributed by atoms with E-state index in [1.54, 1.807) is 0 Å². The van der Waals surface area contributed by atoms with Gasteiger partial charge >= 0.3 is 0 Å². The van der Waals surface area contributed by atoms with Crippen molar-refractivity contribution in [3.8, 4) is 12.3 Å². The van der Waals surface area contributed by atoms with Crippen molar-refractivity contribution >= 4 is 37.5 Å². The summed E-state index contributed by atoms with van der Waals surface area (Å²) in [7, 11) is -3.60. The number of rotatable bonds is 8. The molecule has 0 saturated heterocycles. The Labute approximate surface area is 199 Å². The Hall–Kier alpha value is -2.73. The molecule has 0 N–H and O–H groups in total. The minimum Gasteiger partial charge on any atom is -0.305 e. The highest BCUT2D eigenvalue weighted by Crippen LogP contribution is 2.22. The van der Waals surface area contributed by atoms with Crippen LogP contribution in [0, 0.1) is 26.2 Å². The average Bonchev–Trinajstić information content (AvgIpc) is 3.10. The lowest BCUT2D eigenvalue weighted by molar-refractivity contribution is 0.0998. The van der Waals surface area contributed by atoms with E-state index in [4.69, 9.17) is 6.42 Å². The van der Waals surface area contributed by atoms with Crippen LogP contribution in [-0.2, 0) is 16.6 Å². The number of hydrogen-bond donors (Lipinski definition) is 0. The summed E-state index contributed by atoms with van der Waals surface area (Å²) in [5, 5.41) is 0. The molecule has 1 amide bonds. The Bertz CT molecular complexity index is 1370. The maximum Gasteiger partial charge on any atom is 0.279 e. The third kappa shape index (κ3) is 5.27. The van der Waals surface area contributed by atoms with Crippen molar-refractivity contribution in [1.82, 2.24) is 8.87 Å². The first-order chi connectivity index (χ1) is 15.7. The van der Waals surface area contributed by atoms with Crippen LogP contribution in [0.2, 0.25) is 0 Å². The molecule has 0 unspecified atom stereocenters. The van der Waals surface area contributed by atoms with Crippen LogP contribution >= 0.6 is 11.3 Å². The smallest absolute Gasteiger partial charge is 0.279 e. The van der Waals surface area contributed by atoms with Gasteiger partial charge in [0.15, 0.2) is 4.80 Å². The van der Waals surface area contributed by atoms with E-state index in [0.717, 1.165) is 34.2 Å². The number of benzene rings is 2. The van der Waals surface area contributed by atoms with Crippen LogP contribution in [0.4, 0.5) is 0 Å². The predicted octanol–water partition coefficient (Wildman–Crippen LogP) is 4.50. The molecular formula is C25H29N3O3S2. The molecule has 0 aliphatic carbocycles. The van der Waals surface area contributed by atoms with Gasteiger partial charge < -0.3 is 4.57 Å². The summed E-state index contributed by atoms with van der Waals surface area (Å²) in [6.45, 7) is 9.20. The first-order valence-corrected chi connectivity index (χ1v) is 13.2. The van der Waals surface area contributed by atoms with Gasteiger partial charge in [0.2, 0.25) is 10.0 Å². The van der Waals surface area contributed by atoms with Gasteiger partial charge in [-0.3, -0.25) is 4.79 Å². The number of terminal acetylenes is 1. The van der Waals surface area contributed by atoms with Crippen LogP contribution in [0.3, 0.4) is 0 Å². The number of fused-ring (bicyclic) bond motifs is 1. The summed E-state index contributed by atoms with van der Waals surface area (Å²) >= 11 is 1.41. The van der Waals surface area contributed by atoms with Crippen LogP contribution in [0.25, 0.3) is 10.2 Å². The van der Waals surface area contributed by atoms with E-state index < -0.39 is 15.9 Å². The van der Waals surface area contributed by atoms with E-state index in [9.17, 15) is 13.2 Å². The van der Waals surface area contributed by atoms with Gasteiger partial charge in [0.05, 0.1) is 21.7 Å². The van der Waals surface area contributed by atoms with Gasteiger partial charge in [-0.25, -0.2) is 8.42 Å². The fraction of sp³-hybridized carbons (Fsp3) is 0.360. The van der Waals surface area contributed by atoms with Crippen molar-refractivity contribution in [1.29, 1.82) is 0 Å². The molecule has 2 aromatic carbocycles. The number of carbonyl (C=O) groups excluding carboxylic acids is 1. The minimum atomic E-state index is -3.60. The summed E-state index contributed by atoms with van der Waals surface area (Å²) in [6, 6.07) is 10.1. The average molecular weight is 484 g/mol. The summed E-state index contributed by atoms with van der Waals surface area (Å²) in [5.74, 6) is 2.19. The first kappa shape index (κ1) is 24.9. The van der Waals surface area contributed by atoms with Crippen LogP contribution in [0.15, 0.2) is 46.3 Å². The second-order valence-corrected chi connectivity index (χ2v) is 10.9. The zero-order chi connectivity index (χ0) is 24.2. The number of sulfonamides is 1. The van der Waals surface area contributed by atoms with Crippen molar-refractivity contribution in [2.24, 2.45) is 4.99 Å². The Kier molecular flexibility index (Phi) is 7.90. The molecular weight excluding hydrogens is 454 g/mol. The number of carbonyl (C=O) groups is 1. The standard InChI is InChI=1S/C25H29N3O3S2/c1-6-13-27(14-7-2)33(30,31)21-11-9-20(10-12-21)24(29)26-25-28(15-8-3)22-16-18(4)19(5)17-23(22)32-25/h3,9-12,16-17H,6-7,13-15H2,1-2,4-5H3. The van der Waals surface area contributed by atoms with Gasteiger partial charge in [-0.1, -0.05) is 31.1 Å².